The lowest BCUT2D eigenvalue weighted by atomic mass is 10.1. The smallest absolute Gasteiger partial charge is 0.328 e. The van der Waals surface area contributed by atoms with Gasteiger partial charge in [-0.25, -0.2) is 4.79 Å². The number of likely N-dealkylation sites (tertiary alicyclic amines) is 1. The second kappa shape index (κ2) is 10.8. The van der Waals surface area contributed by atoms with Crippen molar-refractivity contribution in [1.29, 1.82) is 0 Å². The van der Waals surface area contributed by atoms with Crippen molar-refractivity contribution in [2.24, 2.45) is 5.73 Å². The first-order chi connectivity index (χ1) is 13.1. The number of carbonyl (C=O) groups excluding carboxylic acids is 3. The number of carbonyl (C=O) groups is 5. The second-order valence-corrected chi connectivity index (χ2v) is 6.58. The summed E-state index contributed by atoms with van der Waals surface area (Å²) in [5.74, 6) is -5.18. The van der Waals surface area contributed by atoms with Gasteiger partial charge in [-0.2, -0.15) is 12.6 Å². The Bertz CT molecular complexity index is 631. The molecule has 0 radical (unpaired) electrons. The third-order valence-corrected chi connectivity index (χ3v) is 4.55. The predicted molar refractivity (Wildman–Crippen MR) is 97.4 cm³/mol. The Labute approximate surface area is 165 Å². The number of amides is 3. The van der Waals surface area contributed by atoms with Gasteiger partial charge in [0.05, 0.1) is 19.1 Å². The van der Waals surface area contributed by atoms with Gasteiger partial charge in [0.25, 0.3) is 0 Å². The molecule has 0 aromatic rings. The fraction of sp³-hybridized carbons (Fsp3) is 0.667. The Kier molecular flexibility index (Phi) is 9.15. The van der Waals surface area contributed by atoms with Crippen LogP contribution in [-0.4, -0.2) is 93.0 Å². The molecule has 1 heterocycles. The van der Waals surface area contributed by atoms with Crippen LogP contribution in [0.25, 0.3) is 0 Å². The Morgan fingerprint density at radius 1 is 1.14 bits per heavy atom. The zero-order chi connectivity index (χ0) is 21.4. The molecule has 0 saturated carbocycles. The number of hydrogen-bond donors (Lipinski definition) is 7. The van der Waals surface area contributed by atoms with E-state index < -0.39 is 66.9 Å². The molecular formula is C15H24N4O8S. The normalized spacial score (nSPS) is 19.4. The van der Waals surface area contributed by atoms with Crippen molar-refractivity contribution in [2.45, 2.75) is 43.4 Å². The van der Waals surface area contributed by atoms with Crippen molar-refractivity contribution in [2.75, 3.05) is 18.9 Å². The maximum absolute atomic E-state index is 12.6. The molecule has 1 saturated heterocycles. The lowest BCUT2D eigenvalue weighted by Gasteiger charge is -2.28. The van der Waals surface area contributed by atoms with Crippen molar-refractivity contribution in [3.05, 3.63) is 0 Å². The van der Waals surface area contributed by atoms with E-state index in [2.05, 4.69) is 17.9 Å². The summed E-state index contributed by atoms with van der Waals surface area (Å²) in [5.41, 5.74) is 5.65. The monoisotopic (exact) mass is 420 g/mol. The predicted octanol–water partition coefficient (Wildman–Crippen LogP) is -3.24. The summed E-state index contributed by atoms with van der Waals surface area (Å²) in [6, 6.07) is -5.08. The molecule has 1 fully saturated rings. The van der Waals surface area contributed by atoms with Crippen LogP contribution in [0, 0.1) is 0 Å². The third kappa shape index (κ3) is 6.35. The highest BCUT2D eigenvalue weighted by atomic mass is 32.1. The standard InChI is InChI=1S/C15H24N4O8S/c16-7(6-28)14(25)19-3-1-2-10(19)13(24)17-8(4-11(21)22)12(23)18-9(5-20)15(26)27/h7-10,20,28H,1-6,16H2,(H,17,24)(H,18,23)(H,21,22)(H,26,27). The number of hydrogen-bond acceptors (Lipinski definition) is 8. The summed E-state index contributed by atoms with van der Waals surface area (Å²) in [6.45, 7) is -0.638. The average Bonchev–Trinajstić information content (AvgIpc) is 3.13. The molecule has 3 amide bonds. The number of carboxylic acids is 2. The van der Waals surface area contributed by atoms with Crippen molar-refractivity contribution >= 4 is 42.3 Å². The molecule has 4 unspecified atom stereocenters. The quantitative estimate of drug-likeness (QED) is 0.177. The molecule has 4 atom stereocenters. The van der Waals surface area contributed by atoms with Gasteiger partial charge in [-0.3, -0.25) is 19.2 Å². The van der Waals surface area contributed by atoms with E-state index in [1.807, 2.05) is 5.32 Å². The van der Waals surface area contributed by atoms with Gasteiger partial charge in [-0.1, -0.05) is 0 Å². The first kappa shape index (κ1) is 23.7. The van der Waals surface area contributed by atoms with E-state index in [-0.39, 0.29) is 12.3 Å². The highest BCUT2D eigenvalue weighted by Crippen LogP contribution is 2.19. The number of nitrogens with two attached hydrogens (primary N) is 1. The van der Waals surface area contributed by atoms with Crippen LogP contribution in [0.15, 0.2) is 0 Å². The zero-order valence-electron chi connectivity index (χ0n) is 14.9. The summed E-state index contributed by atoms with van der Waals surface area (Å²) >= 11 is 3.95. The molecule has 13 heteroatoms. The van der Waals surface area contributed by atoms with Crippen molar-refractivity contribution in [1.82, 2.24) is 15.5 Å². The molecule has 0 bridgehead atoms. The van der Waals surface area contributed by atoms with Gasteiger partial charge in [0.2, 0.25) is 17.7 Å². The van der Waals surface area contributed by atoms with E-state index in [4.69, 9.17) is 21.1 Å². The summed E-state index contributed by atoms with van der Waals surface area (Å²) in [7, 11) is 0. The van der Waals surface area contributed by atoms with Crippen molar-refractivity contribution in [3.63, 3.8) is 0 Å². The number of aliphatic hydroxyl groups excluding tert-OH is 1. The highest BCUT2D eigenvalue weighted by molar-refractivity contribution is 7.80. The summed E-state index contributed by atoms with van der Waals surface area (Å²) < 4.78 is 0. The van der Waals surface area contributed by atoms with E-state index in [9.17, 15) is 24.0 Å². The van der Waals surface area contributed by atoms with Crippen LogP contribution in [-0.2, 0) is 24.0 Å². The lowest BCUT2D eigenvalue weighted by molar-refractivity contribution is -0.145. The van der Waals surface area contributed by atoms with Gasteiger partial charge in [0, 0.05) is 12.3 Å². The molecule has 0 spiro atoms. The third-order valence-electron chi connectivity index (χ3n) is 4.16. The van der Waals surface area contributed by atoms with Crippen LogP contribution < -0.4 is 16.4 Å². The van der Waals surface area contributed by atoms with Crippen LogP contribution in [0.2, 0.25) is 0 Å². The average molecular weight is 420 g/mol. The van der Waals surface area contributed by atoms with Gasteiger partial charge in [-0.05, 0) is 12.8 Å². The molecule has 1 aliphatic rings. The molecule has 1 aliphatic heterocycles. The largest absolute Gasteiger partial charge is 0.481 e. The molecule has 0 aliphatic carbocycles. The topological polar surface area (TPSA) is 199 Å². The molecule has 7 N–H and O–H groups in total. The molecule has 0 aromatic heterocycles. The van der Waals surface area contributed by atoms with Crippen LogP contribution in [0.1, 0.15) is 19.3 Å². The number of thiol groups is 1. The second-order valence-electron chi connectivity index (χ2n) is 6.22. The molecule has 28 heavy (non-hydrogen) atoms. The Morgan fingerprint density at radius 2 is 1.79 bits per heavy atom. The van der Waals surface area contributed by atoms with Gasteiger partial charge in [-0.15, -0.1) is 0 Å². The van der Waals surface area contributed by atoms with E-state index in [0.717, 1.165) is 0 Å². The number of aliphatic hydroxyl groups is 1. The van der Waals surface area contributed by atoms with Crippen LogP contribution in [0.4, 0.5) is 0 Å². The Morgan fingerprint density at radius 3 is 2.29 bits per heavy atom. The van der Waals surface area contributed by atoms with Gasteiger partial charge < -0.3 is 36.6 Å². The van der Waals surface area contributed by atoms with Gasteiger partial charge in [0.1, 0.15) is 18.1 Å². The van der Waals surface area contributed by atoms with Crippen LogP contribution >= 0.6 is 12.6 Å². The van der Waals surface area contributed by atoms with Crippen molar-refractivity contribution < 1.29 is 39.3 Å². The number of carboxylic acid groups (broad SMARTS) is 2. The molecular weight excluding hydrogens is 396 g/mol. The van der Waals surface area contributed by atoms with Crippen LogP contribution in [0.3, 0.4) is 0 Å². The SMILES string of the molecule is NC(CS)C(=O)N1CCCC1C(=O)NC(CC(=O)O)C(=O)NC(CO)C(=O)O. The van der Waals surface area contributed by atoms with Gasteiger partial charge >= 0.3 is 11.9 Å². The fourth-order valence-electron chi connectivity index (χ4n) is 2.70. The fourth-order valence-corrected chi connectivity index (χ4v) is 2.86. The maximum atomic E-state index is 12.6. The molecule has 1 rings (SSSR count). The van der Waals surface area contributed by atoms with E-state index in [0.29, 0.717) is 12.8 Å². The van der Waals surface area contributed by atoms with Gasteiger partial charge in [0.15, 0.2) is 0 Å². The Hall–Kier alpha value is -2.38. The number of nitrogens with zero attached hydrogens (tertiary/aromatic N) is 1. The van der Waals surface area contributed by atoms with E-state index >= 15 is 0 Å². The minimum Gasteiger partial charge on any atom is -0.481 e. The maximum Gasteiger partial charge on any atom is 0.328 e. The van der Waals surface area contributed by atoms with E-state index in [1.54, 1.807) is 0 Å². The lowest BCUT2D eigenvalue weighted by Crippen LogP contribution is -2.57. The molecule has 158 valence electrons. The summed E-state index contributed by atoms with van der Waals surface area (Å²) in [6.07, 6.45) is 0.00331. The number of aliphatic carboxylic acids is 2. The first-order valence-corrected chi connectivity index (χ1v) is 9.08. The number of nitrogens with one attached hydrogen (secondary N) is 2. The van der Waals surface area contributed by atoms with Crippen molar-refractivity contribution in [3.8, 4) is 0 Å². The summed E-state index contributed by atoms with van der Waals surface area (Å²) in [4.78, 5) is 60.2. The summed E-state index contributed by atoms with van der Waals surface area (Å²) in [5, 5.41) is 31.0. The number of rotatable bonds is 10. The minimum atomic E-state index is -1.65. The Balaban J connectivity index is 2.88. The highest BCUT2D eigenvalue weighted by Gasteiger charge is 2.38. The zero-order valence-corrected chi connectivity index (χ0v) is 15.8. The molecule has 0 aromatic carbocycles. The first-order valence-electron chi connectivity index (χ1n) is 8.45. The molecule has 12 nitrogen and oxygen atoms in total. The van der Waals surface area contributed by atoms with E-state index in [1.165, 1.54) is 4.90 Å². The van der Waals surface area contributed by atoms with Crippen LogP contribution in [0.5, 0.6) is 0 Å². The minimum absolute atomic E-state index is 0.0749.